The van der Waals surface area contributed by atoms with E-state index in [2.05, 4.69) is 19.1 Å². The number of halogens is 1. The van der Waals surface area contributed by atoms with E-state index in [4.69, 9.17) is 14.7 Å². The van der Waals surface area contributed by atoms with Gasteiger partial charge in [-0.3, -0.25) is 0 Å². The van der Waals surface area contributed by atoms with E-state index < -0.39 is 5.82 Å². The molecule has 0 atom stereocenters. The highest BCUT2D eigenvalue weighted by atomic mass is 19.1. The zero-order valence-corrected chi connectivity index (χ0v) is 17.9. The zero-order chi connectivity index (χ0) is 21.2. The Hall–Kier alpha value is -2.22. The second kappa shape index (κ2) is 11.8. The number of benzene rings is 2. The van der Waals surface area contributed by atoms with Crippen LogP contribution in [0.1, 0.15) is 63.0 Å². The number of hydrogen-bond donors (Lipinski definition) is 0. The highest BCUT2D eigenvalue weighted by Gasteiger charge is 2.21. The van der Waals surface area contributed by atoms with E-state index in [-0.39, 0.29) is 11.9 Å². The zero-order valence-electron chi connectivity index (χ0n) is 17.9. The Labute approximate surface area is 179 Å². The molecule has 1 heterocycles. The third kappa shape index (κ3) is 6.65. The smallest absolute Gasteiger partial charge is 0.157 e. The van der Waals surface area contributed by atoms with E-state index in [0.717, 1.165) is 37.2 Å². The molecule has 1 saturated heterocycles. The van der Waals surface area contributed by atoms with E-state index in [1.165, 1.54) is 56.2 Å². The minimum absolute atomic E-state index is 0.0709. The predicted molar refractivity (Wildman–Crippen MR) is 117 cm³/mol. The summed E-state index contributed by atoms with van der Waals surface area (Å²) in [7, 11) is 0. The number of nitriles is 1. The molecule has 2 aromatic rings. The standard InChI is InChI=1S/C26H32FNO2/c1-2-3-4-5-6-7-21-18-29-26(30-19-21)15-10-20-8-11-22(12-9-20)23-13-14-24(17-28)25(27)16-23/h8-9,11-14,16,21,26H,2-7,10,15,18-19H2,1H3. The van der Waals surface area contributed by atoms with Crippen LogP contribution in [0.3, 0.4) is 0 Å². The molecule has 0 bridgehead atoms. The lowest BCUT2D eigenvalue weighted by Gasteiger charge is -2.29. The minimum Gasteiger partial charge on any atom is -0.352 e. The highest BCUT2D eigenvalue weighted by Crippen LogP contribution is 2.24. The van der Waals surface area contributed by atoms with Gasteiger partial charge in [0.1, 0.15) is 11.9 Å². The van der Waals surface area contributed by atoms with Gasteiger partial charge in [0.15, 0.2) is 6.29 Å². The van der Waals surface area contributed by atoms with Crippen molar-refractivity contribution in [2.45, 2.75) is 64.6 Å². The van der Waals surface area contributed by atoms with Gasteiger partial charge < -0.3 is 9.47 Å². The van der Waals surface area contributed by atoms with Crippen molar-refractivity contribution >= 4 is 0 Å². The lowest BCUT2D eigenvalue weighted by Crippen LogP contribution is -2.32. The van der Waals surface area contributed by atoms with Crippen molar-refractivity contribution in [3.8, 4) is 17.2 Å². The highest BCUT2D eigenvalue weighted by molar-refractivity contribution is 5.64. The van der Waals surface area contributed by atoms with E-state index >= 15 is 0 Å². The van der Waals surface area contributed by atoms with Crippen molar-refractivity contribution in [1.82, 2.24) is 0 Å². The summed E-state index contributed by atoms with van der Waals surface area (Å²) in [5.74, 6) is 0.0555. The summed E-state index contributed by atoms with van der Waals surface area (Å²) >= 11 is 0. The molecule has 0 amide bonds. The Morgan fingerprint density at radius 2 is 1.63 bits per heavy atom. The van der Waals surface area contributed by atoms with Crippen molar-refractivity contribution in [2.75, 3.05) is 13.2 Å². The van der Waals surface area contributed by atoms with Crippen LogP contribution in [0.4, 0.5) is 4.39 Å². The minimum atomic E-state index is -0.482. The summed E-state index contributed by atoms with van der Waals surface area (Å²) in [5, 5.41) is 8.85. The Bertz CT molecular complexity index is 820. The van der Waals surface area contributed by atoms with Crippen LogP contribution < -0.4 is 0 Å². The topological polar surface area (TPSA) is 42.2 Å². The quantitative estimate of drug-likeness (QED) is 0.413. The van der Waals surface area contributed by atoms with Gasteiger partial charge in [0.2, 0.25) is 0 Å². The van der Waals surface area contributed by atoms with E-state index in [0.29, 0.717) is 5.92 Å². The molecule has 1 fully saturated rings. The van der Waals surface area contributed by atoms with E-state index in [1.807, 2.05) is 18.2 Å². The third-order valence-electron chi connectivity index (χ3n) is 5.80. The first kappa shape index (κ1) is 22.5. The van der Waals surface area contributed by atoms with Crippen molar-refractivity contribution in [2.24, 2.45) is 5.92 Å². The molecule has 0 spiro atoms. The molecule has 2 aromatic carbocycles. The molecule has 0 N–H and O–H groups in total. The number of ether oxygens (including phenoxy) is 2. The van der Waals surface area contributed by atoms with Crippen molar-refractivity contribution < 1.29 is 13.9 Å². The number of rotatable bonds is 10. The summed E-state index contributed by atoms with van der Waals surface area (Å²) in [6.45, 7) is 3.86. The molecule has 1 aliphatic heterocycles. The van der Waals surface area contributed by atoms with Crippen LogP contribution in [0.2, 0.25) is 0 Å². The molecular formula is C26H32FNO2. The van der Waals surface area contributed by atoms with Crippen LogP contribution in [0.5, 0.6) is 0 Å². The number of unbranched alkanes of at least 4 members (excludes halogenated alkanes) is 4. The largest absolute Gasteiger partial charge is 0.352 e. The van der Waals surface area contributed by atoms with Crippen LogP contribution in [0.15, 0.2) is 42.5 Å². The van der Waals surface area contributed by atoms with Gasteiger partial charge in [0, 0.05) is 12.3 Å². The summed E-state index contributed by atoms with van der Waals surface area (Å²) in [6.07, 6.45) is 9.37. The monoisotopic (exact) mass is 409 g/mol. The van der Waals surface area contributed by atoms with Crippen LogP contribution in [-0.2, 0) is 15.9 Å². The maximum Gasteiger partial charge on any atom is 0.157 e. The van der Waals surface area contributed by atoms with Crippen molar-refractivity contribution in [3.05, 3.63) is 59.4 Å². The molecule has 160 valence electrons. The molecule has 4 heteroatoms. The van der Waals surface area contributed by atoms with Gasteiger partial charge in [-0.15, -0.1) is 0 Å². The maximum atomic E-state index is 13.8. The predicted octanol–water partition coefficient (Wildman–Crippen LogP) is 6.65. The molecule has 0 aliphatic carbocycles. The fourth-order valence-electron chi connectivity index (χ4n) is 3.89. The van der Waals surface area contributed by atoms with Crippen LogP contribution in [-0.4, -0.2) is 19.5 Å². The number of nitrogens with zero attached hydrogens (tertiary/aromatic N) is 1. The average Bonchev–Trinajstić information content (AvgIpc) is 2.78. The Morgan fingerprint density at radius 3 is 2.30 bits per heavy atom. The van der Waals surface area contributed by atoms with Gasteiger partial charge in [-0.25, -0.2) is 4.39 Å². The summed E-state index contributed by atoms with van der Waals surface area (Å²) in [4.78, 5) is 0. The lowest BCUT2D eigenvalue weighted by molar-refractivity contribution is -0.203. The van der Waals surface area contributed by atoms with Crippen LogP contribution in [0, 0.1) is 23.1 Å². The maximum absolute atomic E-state index is 13.8. The second-order valence-corrected chi connectivity index (χ2v) is 8.21. The fourth-order valence-corrected chi connectivity index (χ4v) is 3.89. The van der Waals surface area contributed by atoms with Gasteiger partial charge in [-0.05, 0) is 41.7 Å². The average molecular weight is 410 g/mol. The second-order valence-electron chi connectivity index (χ2n) is 8.21. The Morgan fingerprint density at radius 1 is 0.933 bits per heavy atom. The number of aryl methyl sites for hydroxylation is 1. The number of hydrogen-bond acceptors (Lipinski definition) is 3. The first-order valence-electron chi connectivity index (χ1n) is 11.2. The normalized spacial score (nSPS) is 18.8. The first-order valence-corrected chi connectivity index (χ1v) is 11.2. The third-order valence-corrected chi connectivity index (χ3v) is 5.80. The van der Waals surface area contributed by atoms with Gasteiger partial charge in [-0.1, -0.05) is 69.4 Å². The van der Waals surface area contributed by atoms with E-state index in [9.17, 15) is 4.39 Å². The molecule has 3 rings (SSSR count). The summed E-state index contributed by atoms with van der Waals surface area (Å²) in [6, 6.07) is 14.7. The van der Waals surface area contributed by atoms with Crippen molar-refractivity contribution in [1.29, 1.82) is 5.26 Å². The molecule has 0 saturated carbocycles. The fraction of sp³-hybridized carbons (Fsp3) is 0.500. The Balaban J connectivity index is 1.40. The molecule has 0 radical (unpaired) electrons. The molecular weight excluding hydrogens is 377 g/mol. The lowest BCUT2D eigenvalue weighted by atomic mass is 10.00. The SMILES string of the molecule is CCCCCCCC1COC(CCc2ccc(-c3ccc(C#N)c(F)c3)cc2)OC1. The molecule has 1 aliphatic rings. The molecule has 0 unspecified atom stereocenters. The van der Waals surface area contributed by atoms with Gasteiger partial charge in [0.05, 0.1) is 18.8 Å². The van der Waals surface area contributed by atoms with E-state index in [1.54, 1.807) is 6.07 Å². The Kier molecular flexibility index (Phi) is 8.86. The van der Waals surface area contributed by atoms with Gasteiger partial charge in [0.25, 0.3) is 0 Å². The molecule has 0 aromatic heterocycles. The summed E-state index contributed by atoms with van der Waals surface area (Å²) < 4.78 is 25.7. The van der Waals surface area contributed by atoms with Crippen molar-refractivity contribution in [3.63, 3.8) is 0 Å². The summed E-state index contributed by atoms with van der Waals surface area (Å²) in [5.41, 5.74) is 2.99. The molecule has 3 nitrogen and oxygen atoms in total. The van der Waals surface area contributed by atoms with Crippen LogP contribution in [0.25, 0.3) is 11.1 Å². The van der Waals surface area contributed by atoms with Gasteiger partial charge in [-0.2, -0.15) is 5.26 Å². The van der Waals surface area contributed by atoms with Crippen LogP contribution >= 0.6 is 0 Å². The van der Waals surface area contributed by atoms with Gasteiger partial charge >= 0.3 is 0 Å². The first-order chi connectivity index (χ1) is 14.7. The molecule has 30 heavy (non-hydrogen) atoms.